The van der Waals surface area contributed by atoms with E-state index in [2.05, 4.69) is 0 Å². The number of ether oxygens (including phenoxy) is 3. The van der Waals surface area contributed by atoms with Gasteiger partial charge in [-0.15, -0.1) is 0 Å². The summed E-state index contributed by atoms with van der Waals surface area (Å²) >= 11 is 0. The lowest BCUT2D eigenvalue weighted by Gasteiger charge is -2.25. The largest absolute Gasteiger partial charge is 0.497 e. The first-order valence-electron chi connectivity index (χ1n) is 9.95. The molecule has 0 bridgehead atoms. The van der Waals surface area contributed by atoms with Crippen molar-refractivity contribution in [3.63, 3.8) is 0 Å². The topological polar surface area (TPSA) is 63.6 Å². The van der Waals surface area contributed by atoms with Crippen molar-refractivity contribution in [3.8, 4) is 17.2 Å². The van der Waals surface area contributed by atoms with Gasteiger partial charge in [-0.05, 0) is 55.6 Å². The second-order valence-corrected chi connectivity index (χ2v) is 7.17. The number of benzene rings is 2. The van der Waals surface area contributed by atoms with Crippen LogP contribution in [0.5, 0.6) is 17.2 Å². The number of amides is 1. The van der Waals surface area contributed by atoms with Crippen LogP contribution in [0.2, 0.25) is 0 Å². The molecule has 0 saturated heterocycles. The van der Waals surface area contributed by atoms with Gasteiger partial charge in [0.25, 0.3) is 5.91 Å². The molecule has 7 nitrogen and oxygen atoms in total. The lowest BCUT2D eigenvalue weighted by atomic mass is 9.97. The maximum atomic E-state index is 13.1. The Bertz CT molecular complexity index is 911. The number of carbonyl (C=O) groups excluding carboxylic acids is 1. The molecule has 1 amide bonds. The zero-order valence-electron chi connectivity index (χ0n) is 18.2. The van der Waals surface area contributed by atoms with E-state index in [-0.39, 0.29) is 11.9 Å². The Balaban J connectivity index is 1.97. The molecule has 1 unspecified atom stereocenters. The van der Waals surface area contributed by atoms with Crippen LogP contribution in [0.1, 0.15) is 30.5 Å². The molecule has 0 fully saturated rings. The second kappa shape index (κ2) is 9.63. The maximum absolute atomic E-state index is 13.1. The van der Waals surface area contributed by atoms with Crippen molar-refractivity contribution in [1.29, 1.82) is 0 Å². The van der Waals surface area contributed by atoms with Gasteiger partial charge in [0, 0.05) is 18.1 Å². The van der Waals surface area contributed by atoms with E-state index in [4.69, 9.17) is 19.3 Å². The Hall–Kier alpha value is -3.06. The van der Waals surface area contributed by atoms with Gasteiger partial charge >= 0.3 is 0 Å². The first-order valence-corrected chi connectivity index (χ1v) is 9.95. The molecule has 1 heterocycles. The summed E-state index contributed by atoms with van der Waals surface area (Å²) in [6.07, 6.45) is 0.594. The van der Waals surface area contributed by atoms with Gasteiger partial charge < -0.3 is 14.2 Å². The SMILES string of the molecule is CCN(C)CC(=O)N1N=C(c2ccc(OC)cc2)CC1c1ccc(OC)cc1OC. The van der Waals surface area contributed by atoms with E-state index in [1.165, 1.54) is 0 Å². The van der Waals surface area contributed by atoms with Gasteiger partial charge in [-0.2, -0.15) is 5.10 Å². The van der Waals surface area contributed by atoms with Crippen molar-refractivity contribution in [2.45, 2.75) is 19.4 Å². The van der Waals surface area contributed by atoms with Crippen LogP contribution in [-0.4, -0.2) is 63.0 Å². The summed E-state index contributed by atoms with van der Waals surface area (Å²) < 4.78 is 16.2. The van der Waals surface area contributed by atoms with Crippen molar-refractivity contribution in [1.82, 2.24) is 9.91 Å². The van der Waals surface area contributed by atoms with Crippen LogP contribution in [0.25, 0.3) is 0 Å². The lowest BCUT2D eigenvalue weighted by molar-refractivity contribution is -0.133. The van der Waals surface area contributed by atoms with Gasteiger partial charge in [-0.1, -0.05) is 6.92 Å². The molecule has 7 heteroatoms. The first-order chi connectivity index (χ1) is 14.5. The molecule has 0 aromatic heterocycles. The number of hydrogen-bond acceptors (Lipinski definition) is 6. The highest BCUT2D eigenvalue weighted by Gasteiger charge is 2.35. The summed E-state index contributed by atoms with van der Waals surface area (Å²) in [4.78, 5) is 15.1. The summed E-state index contributed by atoms with van der Waals surface area (Å²) in [5.41, 5.74) is 2.72. The standard InChI is InChI=1S/C23H29N3O4/c1-6-25(2)15-23(27)26-21(19-12-11-18(29-4)13-22(19)30-5)14-20(24-26)16-7-9-17(28-3)10-8-16/h7-13,21H,6,14-15H2,1-5H3. The van der Waals surface area contributed by atoms with Crippen LogP contribution in [0, 0.1) is 0 Å². The van der Waals surface area contributed by atoms with Crippen molar-refractivity contribution in [2.75, 3.05) is 41.5 Å². The average Bonchev–Trinajstić information content (AvgIpc) is 3.23. The van der Waals surface area contributed by atoms with Crippen molar-refractivity contribution in [3.05, 3.63) is 53.6 Å². The minimum Gasteiger partial charge on any atom is -0.497 e. The van der Waals surface area contributed by atoms with Gasteiger partial charge in [-0.25, -0.2) is 5.01 Å². The van der Waals surface area contributed by atoms with E-state index in [1.54, 1.807) is 26.3 Å². The van der Waals surface area contributed by atoms with Crippen LogP contribution >= 0.6 is 0 Å². The summed E-state index contributed by atoms with van der Waals surface area (Å²) in [5.74, 6) is 2.11. The minimum absolute atomic E-state index is 0.0502. The molecule has 1 aliphatic rings. The molecule has 30 heavy (non-hydrogen) atoms. The summed E-state index contributed by atoms with van der Waals surface area (Å²) in [6, 6.07) is 13.1. The fourth-order valence-electron chi connectivity index (χ4n) is 3.45. The molecule has 0 spiro atoms. The highest BCUT2D eigenvalue weighted by molar-refractivity contribution is 6.03. The van der Waals surface area contributed by atoms with E-state index in [9.17, 15) is 4.79 Å². The molecule has 3 rings (SSSR count). The van der Waals surface area contributed by atoms with Crippen molar-refractivity contribution in [2.24, 2.45) is 5.10 Å². The summed E-state index contributed by atoms with van der Waals surface area (Å²) in [7, 11) is 6.80. The van der Waals surface area contributed by atoms with Crippen LogP contribution in [-0.2, 0) is 4.79 Å². The molecule has 2 aromatic carbocycles. The normalized spacial score (nSPS) is 15.9. The van der Waals surface area contributed by atoms with Crippen molar-refractivity contribution >= 4 is 11.6 Å². The molecule has 2 aromatic rings. The average molecular weight is 412 g/mol. The number of methoxy groups -OCH3 is 3. The summed E-state index contributed by atoms with van der Waals surface area (Å²) in [5, 5.41) is 6.32. The van der Waals surface area contributed by atoms with Gasteiger partial charge in [0.05, 0.1) is 39.6 Å². The first kappa shape index (κ1) is 21.6. The molecule has 0 aliphatic carbocycles. The molecule has 1 atom stereocenters. The van der Waals surface area contributed by atoms with Crippen LogP contribution in [0.15, 0.2) is 47.6 Å². The summed E-state index contributed by atoms with van der Waals surface area (Å²) in [6.45, 7) is 3.10. The van der Waals surface area contributed by atoms with Gasteiger partial charge in [0.15, 0.2) is 0 Å². The highest BCUT2D eigenvalue weighted by atomic mass is 16.5. The quantitative estimate of drug-likeness (QED) is 0.667. The smallest absolute Gasteiger partial charge is 0.257 e. The second-order valence-electron chi connectivity index (χ2n) is 7.17. The third-order valence-corrected chi connectivity index (χ3v) is 5.33. The third kappa shape index (κ3) is 4.57. The Morgan fingerprint density at radius 2 is 1.73 bits per heavy atom. The van der Waals surface area contributed by atoms with E-state index in [1.807, 2.05) is 61.3 Å². The van der Waals surface area contributed by atoms with Crippen molar-refractivity contribution < 1.29 is 19.0 Å². The molecule has 160 valence electrons. The fraction of sp³-hybridized carbons (Fsp3) is 0.391. The number of carbonyl (C=O) groups is 1. The Morgan fingerprint density at radius 1 is 1.07 bits per heavy atom. The minimum atomic E-state index is -0.249. The molecule has 0 N–H and O–H groups in total. The number of hydrazone groups is 1. The Morgan fingerprint density at radius 3 is 2.33 bits per heavy atom. The number of likely N-dealkylation sites (N-methyl/N-ethyl adjacent to an activating group) is 1. The Labute approximate surface area is 177 Å². The highest BCUT2D eigenvalue weighted by Crippen LogP contribution is 2.39. The predicted octanol–water partition coefficient (Wildman–Crippen LogP) is 3.34. The maximum Gasteiger partial charge on any atom is 0.257 e. The lowest BCUT2D eigenvalue weighted by Crippen LogP contribution is -2.36. The van der Waals surface area contributed by atoms with Crippen LogP contribution in [0.4, 0.5) is 0 Å². The van der Waals surface area contributed by atoms with Gasteiger partial charge in [-0.3, -0.25) is 9.69 Å². The van der Waals surface area contributed by atoms with Gasteiger partial charge in [0.1, 0.15) is 17.2 Å². The monoisotopic (exact) mass is 411 g/mol. The van der Waals surface area contributed by atoms with E-state index >= 15 is 0 Å². The zero-order valence-corrected chi connectivity index (χ0v) is 18.2. The number of hydrogen-bond donors (Lipinski definition) is 0. The predicted molar refractivity (Wildman–Crippen MR) is 116 cm³/mol. The van der Waals surface area contributed by atoms with E-state index in [0.717, 1.165) is 29.1 Å². The van der Waals surface area contributed by atoms with Crippen LogP contribution in [0.3, 0.4) is 0 Å². The molecular weight excluding hydrogens is 382 g/mol. The Kier molecular flexibility index (Phi) is 6.95. The molecule has 1 aliphatic heterocycles. The van der Waals surface area contributed by atoms with Crippen LogP contribution < -0.4 is 14.2 Å². The van der Waals surface area contributed by atoms with Gasteiger partial charge in [0.2, 0.25) is 0 Å². The van der Waals surface area contributed by atoms with E-state index in [0.29, 0.717) is 24.5 Å². The number of rotatable bonds is 8. The molecular formula is C23H29N3O4. The molecule has 0 radical (unpaired) electrons. The third-order valence-electron chi connectivity index (χ3n) is 5.33. The number of nitrogens with zero attached hydrogens (tertiary/aromatic N) is 3. The molecule has 0 saturated carbocycles. The zero-order chi connectivity index (χ0) is 21.7. The fourth-order valence-corrected chi connectivity index (χ4v) is 3.45. The van der Waals surface area contributed by atoms with E-state index < -0.39 is 0 Å².